The van der Waals surface area contributed by atoms with Gasteiger partial charge in [-0.15, -0.1) is 0 Å². The zero-order chi connectivity index (χ0) is 8.89. The highest BCUT2D eigenvalue weighted by Crippen LogP contribution is 2.60. The average Bonchev–Trinajstić information content (AvgIpc) is 2.64. The summed E-state index contributed by atoms with van der Waals surface area (Å²) in [4.78, 5) is 0. The summed E-state index contributed by atoms with van der Waals surface area (Å²) in [5.74, 6) is 2.95. The van der Waals surface area contributed by atoms with E-state index in [2.05, 4.69) is 0 Å². The molecule has 0 radical (unpaired) electrons. The van der Waals surface area contributed by atoms with Crippen molar-refractivity contribution in [2.24, 2.45) is 23.2 Å². The molecule has 0 amide bonds. The Balaban J connectivity index is 1.78. The maximum Gasteiger partial charge on any atom is 0.0490 e. The number of hydrogen-bond acceptors (Lipinski definition) is 1. The van der Waals surface area contributed by atoms with Crippen LogP contribution in [0.5, 0.6) is 0 Å². The third kappa shape index (κ3) is 1.03. The van der Waals surface area contributed by atoms with Gasteiger partial charge in [0.2, 0.25) is 0 Å². The molecule has 0 spiro atoms. The molecule has 2 bridgehead atoms. The first kappa shape index (κ1) is 8.28. The number of hydrogen-bond donors (Lipinski definition) is 1. The normalized spacial score (nSPS) is 46.4. The lowest BCUT2D eigenvalue weighted by molar-refractivity contribution is -0.0360. The van der Waals surface area contributed by atoms with Gasteiger partial charge in [-0.1, -0.05) is 12.8 Å². The lowest BCUT2D eigenvalue weighted by Gasteiger charge is -2.48. The zero-order valence-corrected chi connectivity index (χ0v) is 8.34. The van der Waals surface area contributed by atoms with Gasteiger partial charge in [-0.25, -0.2) is 0 Å². The SMILES string of the molecule is OCC1(C2CC3CCC2C3)CCC1. The molecule has 0 aromatic rings. The molecule has 3 atom stereocenters. The Morgan fingerprint density at radius 3 is 2.38 bits per heavy atom. The molecular weight excluding hydrogens is 160 g/mol. The summed E-state index contributed by atoms with van der Waals surface area (Å²) in [6.45, 7) is 0.473. The van der Waals surface area contributed by atoms with E-state index in [-0.39, 0.29) is 0 Å². The van der Waals surface area contributed by atoms with Gasteiger partial charge in [0.25, 0.3) is 0 Å². The topological polar surface area (TPSA) is 20.2 Å². The fourth-order valence-electron chi connectivity index (χ4n) is 4.27. The zero-order valence-electron chi connectivity index (χ0n) is 8.34. The second-order valence-electron chi connectivity index (χ2n) is 5.66. The minimum atomic E-state index is 0.403. The molecule has 1 N–H and O–H groups in total. The van der Waals surface area contributed by atoms with Crippen molar-refractivity contribution in [3.63, 3.8) is 0 Å². The molecule has 3 aliphatic rings. The molecule has 3 rings (SSSR count). The quantitative estimate of drug-likeness (QED) is 0.692. The van der Waals surface area contributed by atoms with Crippen LogP contribution in [0.3, 0.4) is 0 Å². The van der Waals surface area contributed by atoms with Crippen molar-refractivity contribution in [3.8, 4) is 0 Å². The lowest BCUT2D eigenvalue weighted by Crippen LogP contribution is -2.43. The van der Waals surface area contributed by atoms with Crippen LogP contribution in [0.2, 0.25) is 0 Å². The summed E-state index contributed by atoms with van der Waals surface area (Å²) in [7, 11) is 0. The summed E-state index contributed by atoms with van der Waals surface area (Å²) in [5.41, 5.74) is 0.403. The van der Waals surface area contributed by atoms with E-state index in [1.54, 1.807) is 0 Å². The molecule has 0 saturated heterocycles. The average molecular weight is 180 g/mol. The van der Waals surface area contributed by atoms with Gasteiger partial charge < -0.3 is 5.11 Å². The fourth-order valence-corrected chi connectivity index (χ4v) is 4.27. The summed E-state index contributed by atoms with van der Waals surface area (Å²) >= 11 is 0. The fraction of sp³-hybridized carbons (Fsp3) is 1.00. The van der Waals surface area contributed by atoms with Crippen molar-refractivity contribution in [2.45, 2.75) is 44.9 Å². The highest BCUT2D eigenvalue weighted by atomic mass is 16.3. The Morgan fingerprint density at radius 1 is 1.15 bits per heavy atom. The summed E-state index contributed by atoms with van der Waals surface area (Å²) in [6.07, 6.45) is 9.90. The third-order valence-electron chi connectivity index (χ3n) is 5.19. The molecule has 1 heteroatoms. The molecule has 3 unspecified atom stereocenters. The minimum Gasteiger partial charge on any atom is -0.396 e. The van der Waals surface area contributed by atoms with Crippen LogP contribution < -0.4 is 0 Å². The van der Waals surface area contributed by atoms with Crippen molar-refractivity contribution >= 4 is 0 Å². The molecule has 3 aliphatic carbocycles. The Bertz CT molecular complexity index is 202. The van der Waals surface area contributed by atoms with Crippen LogP contribution in [-0.2, 0) is 0 Å². The van der Waals surface area contributed by atoms with Gasteiger partial charge in [-0.05, 0) is 55.3 Å². The third-order valence-corrected chi connectivity index (χ3v) is 5.19. The van der Waals surface area contributed by atoms with Crippen LogP contribution in [-0.4, -0.2) is 11.7 Å². The first-order chi connectivity index (χ1) is 6.34. The van der Waals surface area contributed by atoms with E-state index in [1.807, 2.05) is 0 Å². The maximum atomic E-state index is 9.53. The molecule has 74 valence electrons. The van der Waals surface area contributed by atoms with Gasteiger partial charge in [0.1, 0.15) is 0 Å². The molecule has 3 fully saturated rings. The second kappa shape index (κ2) is 2.73. The van der Waals surface area contributed by atoms with Crippen LogP contribution in [0.4, 0.5) is 0 Å². The van der Waals surface area contributed by atoms with Crippen molar-refractivity contribution in [2.75, 3.05) is 6.61 Å². The van der Waals surface area contributed by atoms with E-state index in [9.17, 15) is 5.11 Å². The van der Waals surface area contributed by atoms with Crippen LogP contribution in [0.1, 0.15) is 44.9 Å². The largest absolute Gasteiger partial charge is 0.396 e. The Hall–Kier alpha value is -0.0400. The van der Waals surface area contributed by atoms with Gasteiger partial charge in [-0.3, -0.25) is 0 Å². The maximum absolute atomic E-state index is 9.53. The first-order valence-corrected chi connectivity index (χ1v) is 5.95. The molecule has 13 heavy (non-hydrogen) atoms. The number of fused-ring (bicyclic) bond motifs is 2. The standard InChI is InChI=1S/C12H20O/c13-8-12(4-1-5-12)11-7-9-2-3-10(11)6-9/h9-11,13H,1-8H2. The molecule has 0 aromatic heterocycles. The minimum absolute atomic E-state index is 0.403. The highest BCUT2D eigenvalue weighted by Gasteiger charge is 2.52. The Labute approximate surface area is 80.5 Å². The van der Waals surface area contributed by atoms with E-state index in [4.69, 9.17) is 0 Å². The summed E-state index contributed by atoms with van der Waals surface area (Å²) in [6, 6.07) is 0. The number of rotatable bonds is 2. The molecule has 0 aromatic carbocycles. The van der Waals surface area contributed by atoms with Crippen LogP contribution in [0, 0.1) is 23.2 Å². The van der Waals surface area contributed by atoms with E-state index in [0.717, 1.165) is 17.8 Å². The van der Waals surface area contributed by atoms with Crippen LogP contribution in [0.25, 0.3) is 0 Å². The molecule has 0 aliphatic heterocycles. The summed E-state index contributed by atoms with van der Waals surface area (Å²) < 4.78 is 0. The summed E-state index contributed by atoms with van der Waals surface area (Å²) in [5, 5.41) is 9.53. The predicted octanol–water partition coefficient (Wildman–Crippen LogP) is 2.59. The Kier molecular flexibility index (Phi) is 1.74. The van der Waals surface area contributed by atoms with Gasteiger partial charge in [0, 0.05) is 6.61 Å². The Morgan fingerprint density at radius 2 is 2.00 bits per heavy atom. The lowest BCUT2D eigenvalue weighted by atomic mass is 9.57. The smallest absolute Gasteiger partial charge is 0.0490 e. The van der Waals surface area contributed by atoms with Gasteiger partial charge in [-0.2, -0.15) is 0 Å². The van der Waals surface area contributed by atoms with E-state index in [1.165, 1.54) is 44.9 Å². The molecule has 0 heterocycles. The van der Waals surface area contributed by atoms with E-state index in [0.29, 0.717) is 12.0 Å². The van der Waals surface area contributed by atoms with Crippen molar-refractivity contribution in [3.05, 3.63) is 0 Å². The van der Waals surface area contributed by atoms with E-state index >= 15 is 0 Å². The van der Waals surface area contributed by atoms with Crippen molar-refractivity contribution < 1.29 is 5.11 Å². The molecule has 1 nitrogen and oxygen atoms in total. The van der Waals surface area contributed by atoms with Gasteiger partial charge >= 0.3 is 0 Å². The van der Waals surface area contributed by atoms with Crippen LogP contribution in [0.15, 0.2) is 0 Å². The number of aliphatic hydroxyl groups is 1. The van der Waals surface area contributed by atoms with E-state index < -0.39 is 0 Å². The second-order valence-corrected chi connectivity index (χ2v) is 5.66. The molecule has 3 saturated carbocycles. The first-order valence-electron chi connectivity index (χ1n) is 5.95. The van der Waals surface area contributed by atoms with Crippen molar-refractivity contribution in [1.29, 1.82) is 0 Å². The van der Waals surface area contributed by atoms with Crippen LogP contribution >= 0.6 is 0 Å². The van der Waals surface area contributed by atoms with Gasteiger partial charge in [0.05, 0.1) is 0 Å². The van der Waals surface area contributed by atoms with Gasteiger partial charge in [0.15, 0.2) is 0 Å². The highest BCUT2D eigenvalue weighted by molar-refractivity contribution is 5.02. The number of aliphatic hydroxyl groups excluding tert-OH is 1. The monoisotopic (exact) mass is 180 g/mol. The predicted molar refractivity (Wildman–Crippen MR) is 52.3 cm³/mol. The van der Waals surface area contributed by atoms with Crippen molar-refractivity contribution in [1.82, 2.24) is 0 Å². The molecular formula is C12H20O.